The molecule has 3 aromatic carbocycles. The van der Waals surface area contributed by atoms with E-state index in [1.165, 1.54) is 16.8 Å². The van der Waals surface area contributed by atoms with Crippen molar-refractivity contribution >= 4 is 32.3 Å². The first-order valence-corrected chi connectivity index (χ1v) is 11.7. The van der Waals surface area contributed by atoms with E-state index in [2.05, 4.69) is 15.3 Å². The minimum atomic E-state index is -4.60. The second-order valence-electron chi connectivity index (χ2n) is 7.55. The number of ether oxygens (including phenoxy) is 1. The van der Waals surface area contributed by atoms with Gasteiger partial charge >= 0.3 is 0 Å². The van der Waals surface area contributed by atoms with Crippen LogP contribution in [0.1, 0.15) is 18.1 Å². The summed E-state index contributed by atoms with van der Waals surface area (Å²) in [5.74, 6) is -0.816. The second-order valence-corrected chi connectivity index (χ2v) is 8.94. The lowest BCUT2D eigenvalue weighted by atomic mass is 10.1. The molecule has 0 fully saturated rings. The number of rotatable bonds is 6. The predicted octanol–water partition coefficient (Wildman–Crippen LogP) is 5.11. The van der Waals surface area contributed by atoms with Crippen LogP contribution in [0.25, 0.3) is 16.5 Å². The standard InChI is InChI=1S/C23H22N4O6S/c1-4-33-22-21(23(29)27(26-22)15-10-9-13(2)14(3)11-15)25-24-20-17-8-6-5-7-16(17)19(12-18(20)28)34(30,31)32/h5-12,28-29H,4H2,1-3H3,(H,30,31,32)/b25-24+. The van der Waals surface area contributed by atoms with E-state index >= 15 is 0 Å². The molecule has 11 heteroatoms. The van der Waals surface area contributed by atoms with Gasteiger partial charge in [0.15, 0.2) is 0 Å². The summed E-state index contributed by atoms with van der Waals surface area (Å²) in [6.07, 6.45) is 0. The lowest BCUT2D eigenvalue weighted by Gasteiger charge is -2.08. The Labute approximate surface area is 195 Å². The number of hydrogen-bond donors (Lipinski definition) is 3. The molecule has 0 bridgehead atoms. The van der Waals surface area contributed by atoms with Gasteiger partial charge in [0, 0.05) is 16.8 Å². The first-order valence-electron chi connectivity index (χ1n) is 10.3. The van der Waals surface area contributed by atoms with E-state index in [9.17, 15) is 23.2 Å². The lowest BCUT2D eigenvalue weighted by Crippen LogP contribution is -1.99. The maximum Gasteiger partial charge on any atom is 0.295 e. The van der Waals surface area contributed by atoms with Gasteiger partial charge in [-0.3, -0.25) is 4.55 Å². The summed E-state index contributed by atoms with van der Waals surface area (Å²) < 4.78 is 39.9. The zero-order valence-electron chi connectivity index (χ0n) is 18.6. The maximum atomic E-state index is 11.8. The van der Waals surface area contributed by atoms with Gasteiger partial charge in [0.1, 0.15) is 16.3 Å². The SMILES string of the molecule is CCOc1nn(-c2ccc(C)c(C)c2)c(O)c1/N=N/c1c(O)cc(S(=O)(=O)O)c2ccccc12. The van der Waals surface area contributed by atoms with Gasteiger partial charge < -0.3 is 14.9 Å². The summed E-state index contributed by atoms with van der Waals surface area (Å²) in [5.41, 5.74) is 2.56. The van der Waals surface area contributed by atoms with Gasteiger partial charge in [-0.15, -0.1) is 15.3 Å². The van der Waals surface area contributed by atoms with Crippen molar-refractivity contribution in [2.45, 2.75) is 25.7 Å². The summed E-state index contributed by atoms with van der Waals surface area (Å²) in [4.78, 5) is -0.458. The van der Waals surface area contributed by atoms with Gasteiger partial charge in [-0.05, 0) is 44.0 Å². The molecule has 1 heterocycles. The van der Waals surface area contributed by atoms with E-state index < -0.39 is 20.8 Å². The van der Waals surface area contributed by atoms with Crippen molar-refractivity contribution < 1.29 is 27.9 Å². The van der Waals surface area contributed by atoms with E-state index in [1.807, 2.05) is 26.0 Å². The highest BCUT2D eigenvalue weighted by Crippen LogP contribution is 2.43. The van der Waals surface area contributed by atoms with E-state index in [4.69, 9.17) is 4.74 Å². The highest BCUT2D eigenvalue weighted by Gasteiger charge is 2.22. The molecule has 0 saturated carbocycles. The molecule has 1 aromatic heterocycles. The largest absolute Gasteiger partial charge is 0.506 e. The van der Waals surface area contributed by atoms with Crippen molar-refractivity contribution in [1.29, 1.82) is 0 Å². The third-order valence-corrected chi connectivity index (χ3v) is 6.20. The summed E-state index contributed by atoms with van der Waals surface area (Å²) in [6.45, 7) is 5.91. The average Bonchev–Trinajstić information content (AvgIpc) is 3.09. The minimum absolute atomic E-state index is 0.0281. The summed E-state index contributed by atoms with van der Waals surface area (Å²) in [6, 6.07) is 12.6. The number of phenols is 1. The highest BCUT2D eigenvalue weighted by molar-refractivity contribution is 7.86. The molecular formula is C23H22N4O6S. The molecule has 0 radical (unpaired) electrons. The fraction of sp³-hybridized carbons (Fsp3) is 0.174. The molecule has 4 rings (SSSR count). The zero-order chi connectivity index (χ0) is 24.6. The van der Waals surface area contributed by atoms with E-state index in [1.54, 1.807) is 25.1 Å². The normalized spacial score (nSPS) is 12.0. The Kier molecular flexibility index (Phi) is 5.98. The fourth-order valence-corrected chi connectivity index (χ4v) is 4.19. The van der Waals surface area contributed by atoms with E-state index in [0.717, 1.165) is 17.2 Å². The van der Waals surface area contributed by atoms with Gasteiger partial charge in [0.2, 0.25) is 11.6 Å². The molecule has 0 amide bonds. The number of fused-ring (bicyclic) bond motifs is 1. The molecular weight excluding hydrogens is 460 g/mol. The zero-order valence-corrected chi connectivity index (χ0v) is 19.4. The number of benzene rings is 3. The highest BCUT2D eigenvalue weighted by atomic mass is 32.2. The number of aromatic hydroxyl groups is 2. The Morgan fingerprint density at radius 3 is 2.29 bits per heavy atom. The van der Waals surface area contributed by atoms with Crippen LogP contribution in [0.3, 0.4) is 0 Å². The molecule has 4 aromatic rings. The van der Waals surface area contributed by atoms with Crippen molar-refractivity contribution in [3.63, 3.8) is 0 Å². The molecule has 176 valence electrons. The van der Waals surface area contributed by atoms with Crippen molar-refractivity contribution in [3.8, 4) is 23.2 Å². The maximum absolute atomic E-state index is 11.8. The fourth-order valence-electron chi connectivity index (χ4n) is 3.47. The molecule has 0 atom stereocenters. The Hall–Kier alpha value is -3.96. The van der Waals surface area contributed by atoms with Crippen LogP contribution in [0, 0.1) is 13.8 Å². The summed E-state index contributed by atoms with van der Waals surface area (Å²) in [7, 11) is -4.60. The Bertz CT molecular complexity index is 1540. The molecule has 0 aliphatic rings. The van der Waals surface area contributed by atoms with Gasteiger partial charge in [-0.1, -0.05) is 30.3 Å². The van der Waals surface area contributed by atoms with Crippen molar-refractivity contribution in [2.24, 2.45) is 10.2 Å². The molecule has 10 nitrogen and oxygen atoms in total. The molecule has 0 unspecified atom stereocenters. The Morgan fingerprint density at radius 1 is 0.971 bits per heavy atom. The number of hydrogen-bond acceptors (Lipinski definition) is 8. The number of azo groups is 1. The van der Waals surface area contributed by atoms with Crippen LogP contribution in [-0.2, 0) is 10.1 Å². The van der Waals surface area contributed by atoms with Crippen LogP contribution in [0.2, 0.25) is 0 Å². The van der Waals surface area contributed by atoms with Crippen LogP contribution in [0.15, 0.2) is 63.7 Å². The second kappa shape index (κ2) is 8.76. The first kappa shape index (κ1) is 23.2. The Balaban J connectivity index is 1.87. The van der Waals surface area contributed by atoms with E-state index in [0.29, 0.717) is 5.69 Å². The topological polar surface area (TPSA) is 147 Å². The lowest BCUT2D eigenvalue weighted by molar-refractivity contribution is 0.325. The first-order chi connectivity index (χ1) is 16.1. The van der Waals surface area contributed by atoms with Gasteiger partial charge in [-0.25, -0.2) is 0 Å². The predicted molar refractivity (Wildman–Crippen MR) is 125 cm³/mol. The molecule has 3 N–H and O–H groups in total. The van der Waals surface area contributed by atoms with Crippen molar-refractivity contribution in [2.75, 3.05) is 6.61 Å². The quantitative estimate of drug-likeness (QED) is 0.255. The molecule has 0 saturated heterocycles. The van der Waals surface area contributed by atoms with Gasteiger partial charge in [0.05, 0.1) is 12.3 Å². The van der Waals surface area contributed by atoms with Crippen LogP contribution in [0.5, 0.6) is 17.5 Å². The molecule has 34 heavy (non-hydrogen) atoms. The molecule has 0 aliphatic carbocycles. The van der Waals surface area contributed by atoms with Crippen molar-refractivity contribution in [1.82, 2.24) is 9.78 Å². The molecule has 0 spiro atoms. The van der Waals surface area contributed by atoms with Crippen molar-refractivity contribution in [3.05, 3.63) is 59.7 Å². The minimum Gasteiger partial charge on any atom is -0.506 e. The monoisotopic (exact) mass is 482 g/mol. The third-order valence-electron chi connectivity index (χ3n) is 5.31. The number of aryl methyl sites for hydroxylation is 2. The molecule has 0 aliphatic heterocycles. The Morgan fingerprint density at radius 2 is 1.65 bits per heavy atom. The van der Waals surface area contributed by atoms with Crippen LogP contribution < -0.4 is 4.74 Å². The van der Waals surface area contributed by atoms with Crippen LogP contribution in [0.4, 0.5) is 11.4 Å². The number of aromatic nitrogens is 2. The average molecular weight is 483 g/mol. The van der Waals surface area contributed by atoms with Crippen LogP contribution in [-0.4, -0.2) is 39.6 Å². The smallest absolute Gasteiger partial charge is 0.295 e. The summed E-state index contributed by atoms with van der Waals surface area (Å²) >= 11 is 0. The van der Waals surface area contributed by atoms with Crippen LogP contribution >= 0.6 is 0 Å². The third kappa shape index (κ3) is 4.18. The number of phenolic OH excluding ortho intramolecular Hbond substituents is 1. The van der Waals surface area contributed by atoms with E-state index in [-0.39, 0.29) is 40.5 Å². The van der Waals surface area contributed by atoms with Gasteiger partial charge in [0.25, 0.3) is 16.0 Å². The van der Waals surface area contributed by atoms with Gasteiger partial charge in [-0.2, -0.15) is 13.1 Å². The number of nitrogens with zero attached hydrogens (tertiary/aromatic N) is 4. The summed E-state index contributed by atoms with van der Waals surface area (Å²) in [5, 5.41) is 34.2.